The van der Waals surface area contributed by atoms with Gasteiger partial charge in [0, 0.05) is 49.2 Å². The molecule has 3 aromatic rings. The van der Waals surface area contributed by atoms with Crippen LogP contribution in [0.3, 0.4) is 0 Å². The number of rotatable bonds is 8. The van der Waals surface area contributed by atoms with Crippen LogP contribution < -0.4 is 21.9 Å². The molecule has 4 rings (SSSR count). The maximum absolute atomic E-state index is 13.2. The van der Waals surface area contributed by atoms with Crippen molar-refractivity contribution in [3.8, 4) is 0 Å². The summed E-state index contributed by atoms with van der Waals surface area (Å²) in [5.74, 6) is 0.578. The first-order valence-electron chi connectivity index (χ1n) is 11.8. The van der Waals surface area contributed by atoms with Crippen LogP contribution in [0.2, 0.25) is 0 Å². The number of hydrogen-bond acceptors (Lipinski definition) is 7. The number of anilines is 1. The van der Waals surface area contributed by atoms with Gasteiger partial charge in [-0.25, -0.2) is 4.79 Å². The molecular formula is C26H33N5O3S. The minimum Gasteiger partial charge on any atom is -0.355 e. The highest BCUT2D eigenvalue weighted by Gasteiger charge is 2.22. The Morgan fingerprint density at radius 3 is 2.14 bits per heavy atom. The molecule has 0 atom stereocenters. The third-order valence-electron chi connectivity index (χ3n) is 6.17. The van der Waals surface area contributed by atoms with Gasteiger partial charge >= 0.3 is 5.69 Å². The van der Waals surface area contributed by atoms with Crippen LogP contribution in [0.25, 0.3) is 0 Å². The molecule has 2 aromatic carbocycles. The summed E-state index contributed by atoms with van der Waals surface area (Å²) in [7, 11) is 0. The molecule has 9 heteroatoms. The van der Waals surface area contributed by atoms with Crippen molar-refractivity contribution < 1.29 is 4.18 Å². The number of nitrogens with two attached hydrogens (primary N) is 1. The Balaban J connectivity index is 1.41. The van der Waals surface area contributed by atoms with E-state index in [0.29, 0.717) is 25.6 Å². The topological polar surface area (TPSA) is 85.7 Å². The molecule has 1 fully saturated rings. The van der Waals surface area contributed by atoms with Gasteiger partial charge in [-0.05, 0) is 38.5 Å². The highest BCUT2D eigenvalue weighted by molar-refractivity contribution is 7.94. The van der Waals surface area contributed by atoms with E-state index in [2.05, 4.69) is 34.9 Å². The third kappa shape index (κ3) is 6.24. The first kappa shape index (κ1) is 25.2. The predicted octanol–water partition coefficient (Wildman–Crippen LogP) is 2.70. The average Bonchev–Trinajstić information content (AvgIpc) is 2.82. The molecule has 0 amide bonds. The lowest BCUT2D eigenvalue weighted by Gasteiger charge is -2.36. The molecule has 0 aliphatic carbocycles. The van der Waals surface area contributed by atoms with Crippen LogP contribution in [0.1, 0.15) is 22.3 Å². The van der Waals surface area contributed by atoms with Crippen molar-refractivity contribution in [2.45, 2.75) is 38.9 Å². The normalized spacial score (nSPS) is 14.5. The number of aromatic nitrogens is 2. The largest absolute Gasteiger partial charge is 0.355 e. The third-order valence-corrected chi connectivity index (χ3v) is 6.86. The second-order valence-corrected chi connectivity index (χ2v) is 9.94. The molecular weight excluding hydrogens is 462 g/mol. The average molecular weight is 496 g/mol. The van der Waals surface area contributed by atoms with E-state index in [0.717, 1.165) is 34.7 Å². The quantitative estimate of drug-likeness (QED) is 0.481. The Labute approximate surface area is 210 Å². The van der Waals surface area contributed by atoms with E-state index in [9.17, 15) is 9.59 Å². The van der Waals surface area contributed by atoms with Gasteiger partial charge < -0.3 is 10.6 Å². The lowest BCUT2D eigenvalue weighted by atomic mass is 10.1. The van der Waals surface area contributed by atoms with Gasteiger partial charge in [-0.1, -0.05) is 47.0 Å². The Hall–Kier alpha value is -2.85. The zero-order valence-corrected chi connectivity index (χ0v) is 21.4. The van der Waals surface area contributed by atoms with Crippen molar-refractivity contribution >= 4 is 17.9 Å². The van der Waals surface area contributed by atoms with Gasteiger partial charge in [-0.15, -0.1) is 0 Å². The predicted molar refractivity (Wildman–Crippen MR) is 141 cm³/mol. The summed E-state index contributed by atoms with van der Waals surface area (Å²) < 4.78 is 8.56. The monoisotopic (exact) mass is 495 g/mol. The minimum absolute atomic E-state index is 0.0117. The van der Waals surface area contributed by atoms with Gasteiger partial charge in [0.15, 0.2) is 0 Å². The van der Waals surface area contributed by atoms with Crippen LogP contribution in [-0.2, 0) is 17.4 Å². The lowest BCUT2D eigenvalue weighted by Crippen LogP contribution is -2.50. The van der Waals surface area contributed by atoms with E-state index in [4.69, 9.17) is 9.92 Å². The van der Waals surface area contributed by atoms with Crippen LogP contribution in [0.5, 0.6) is 0 Å². The standard InChI is InChI=1S/C26H33N5O3S/c1-19-4-6-23(7-5-19)35-34-18-28-8-10-29(11-9-28)24-15-25(32)30(26(33)31(24)17-27)16-22-13-20(2)12-21(3)14-22/h4-7,12-15H,8-11,16-18,27H2,1-3H3. The van der Waals surface area contributed by atoms with Crippen LogP contribution in [0.4, 0.5) is 5.82 Å². The van der Waals surface area contributed by atoms with Crippen LogP contribution >= 0.6 is 12.0 Å². The molecule has 2 heterocycles. The van der Waals surface area contributed by atoms with Crippen molar-refractivity contribution in [3.05, 3.63) is 91.6 Å². The Bertz CT molecular complexity index is 1260. The molecule has 2 N–H and O–H groups in total. The van der Waals surface area contributed by atoms with Crippen LogP contribution in [0.15, 0.2) is 63.0 Å². The maximum atomic E-state index is 13.2. The molecule has 0 spiro atoms. The van der Waals surface area contributed by atoms with Gasteiger partial charge in [-0.3, -0.25) is 23.0 Å². The van der Waals surface area contributed by atoms with Crippen LogP contribution in [0, 0.1) is 20.8 Å². The molecule has 1 aliphatic heterocycles. The van der Waals surface area contributed by atoms with Gasteiger partial charge in [0.1, 0.15) is 12.5 Å². The van der Waals surface area contributed by atoms with E-state index in [1.54, 1.807) is 0 Å². The molecule has 0 radical (unpaired) electrons. The fourth-order valence-electron chi connectivity index (χ4n) is 4.40. The Kier molecular flexibility index (Phi) is 8.12. The van der Waals surface area contributed by atoms with E-state index < -0.39 is 0 Å². The molecule has 35 heavy (non-hydrogen) atoms. The Morgan fingerprint density at radius 2 is 1.51 bits per heavy atom. The second-order valence-electron chi connectivity index (χ2n) is 9.06. The van der Waals surface area contributed by atoms with Crippen molar-refractivity contribution in [1.29, 1.82) is 0 Å². The number of piperazine rings is 1. The van der Waals surface area contributed by atoms with Crippen molar-refractivity contribution in [1.82, 2.24) is 14.0 Å². The van der Waals surface area contributed by atoms with E-state index in [-0.39, 0.29) is 24.5 Å². The second kappa shape index (κ2) is 11.3. The van der Waals surface area contributed by atoms with Gasteiger partial charge in [0.2, 0.25) is 0 Å². The molecule has 1 saturated heterocycles. The summed E-state index contributed by atoms with van der Waals surface area (Å²) >= 11 is 1.37. The lowest BCUT2D eigenvalue weighted by molar-refractivity contribution is 0.138. The molecule has 1 aromatic heterocycles. The van der Waals surface area contributed by atoms with Gasteiger partial charge in [0.05, 0.1) is 13.2 Å². The fraction of sp³-hybridized carbons (Fsp3) is 0.385. The van der Waals surface area contributed by atoms with Crippen molar-refractivity contribution in [2.24, 2.45) is 5.73 Å². The molecule has 1 aliphatic rings. The molecule has 0 bridgehead atoms. The number of aryl methyl sites for hydroxylation is 3. The summed E-state index contributed by atoms with van der Waals surface area (Å²) in [5.41, 5.74) is 9.62. The number of hydrogen-bond donors (Lipinski definition) is 1. The number of nitrogens with zero attached hydrogens (tertiary/aromatic N) is 4. The van der Waals surface area contributed by atoms with Crippen LogP contribution in [-0.4, -0.2) is 46.9 Å². The molecule has 0 saturated carbocycles. The maximum Gasteiger partial charge on any atom is 0.333 e. The molecule has 8 nitrogen and oxygen atoms in total. The zero-order valence-electron chi connectivity index (χ0n) is 20.6. The first-order chi connectivity index (χ1) is 16.8. The minimum atomic E-state index is -0.380. The molecule has 0 unspecified atom stereocenters. The summed E-state index contributed by atoms with van der Waals surface area (Å²) in [6.07, 6.45) is 0. The number of benzene rings is 2. The summed E-state index contributed by atoms with van der Waals surface area (Å²) in [6.45, 7) is 9.70. The summed E-state index contributed by atoms with van der Waals surface area (Å²) in [5, 5.41) is 0. The van der Waals surface area contributed by atoms with E-state index >= 15 is 0 Å². The SMILES string of the molecule is Cc1ccc(SOCN2CCN(c3cc(=O)n(Cc4cc(C)cc(C)c4)c(=O)n3CN)CC2)cc1. The summed E-state index contributed by atoms with van der Waals surface area (Å²) in [4.78, 5) is 31.5. The first-order valence-corrected chi connectivity index (χ1v) is 12.5. The Morgan fingerprint density at radius 1 is 0.857 bits per heavy atom. The zero-order chi connectivity index (χ0) is 24.9. The van der Waals surface area contributed by atoms with Gasteiger partial charge in [-0.2, -0.15) is 0 Å². The highest BCUT2D eigenvalue weighted by Crippen LogP contribution is 2.20. The summed E-state index contributed by atoms with van der Waals surface area (Å²) in [6, 6.07) is 15.8. The van der Waals surface area contributed by atoms with Crippen molar-refractivity contribution in [3.63, 3.8) is 0 Å². The van der Waals surface area contributed by atoms with Gasteiger partial charge in [0.25, 0.3) is 5.56 Å². The fourth-order valence-corrected chi connectivity index (χ4v) is 4.98. The van der Waals surface area contributed by atoms with E-state index in [1.807, 2.05) is 38.1 Å². The highest BCUT2D eigenvalue weighted by atomic mass is 32.2. The molecule has 186 valence electrons. The smallest absolute Gasteiger partial charge is 0.333 e. The van der Waals surface area contributed by atoms with Crippen molar-refractivity contribution in [2.75, 3.05) is 37.8 Å². The van der Waals surface area contributed by atoms with E-state index in [1.165, 1.54) is 32.8 Å².